The van der Waals surface area contributed by atoms with Crippen molar-refractivity contribution in [2.24, 2.45) is 0 Å². The van der Waals surface area contributed by atoms with Gasteiger partial charge in [-0.3, -0.25) is 9.69 Å². The highest BCUT2D eigenvalue weighted by Crippen LogP contribution is 2.30. The summed E-state index contributed by atoms with van der Waals surface area (Å²) in [4.78, 5) is 20.8. The lowest BCUT2D eigenvalue weighted by atomic mass is 10.1. The lowest BCUT2D eigenvalue weighted by Crippen LogP contribution is -2.54. The molecule has 0 spiro atoms. The number of alkyl halides is 3. The van der Waals surface area contributed by atoms with Gasteiger partial charge in [0.25, 0.3) is 0 Å². The SMILES string of the molecule is CC(C)NC(=O)C(C)N1CCN(c2nncc(-c3ccc(C(F)(F)F)cc3)n2)CC1. The molecule has 30 heavy (non-hydrogen) atoms. The van der Waals surface area contributed by atoms with E-state index in [0.29, 0.717) is 43.4 Å². The minimum absolute atomic E-state index is 0.000618. The minimum atomic E-state index is -4.38. The van der Waals surface area contributed by atoms with Crippen molar-refractivity contribution in [2.75, 3.05) is 31.1 Å². The zero-order chi connectivity index (χ0) is 21.9. The van der Waals surface area contributed by atoms with E-state index < -0.39 is 11.7 Å². The first kappa shape index (κ1) is 21.9. The summed E-state index contributed by atoms with van der Waals surface area (Å²) < 4.78 is 38.3. The number of nitrogens with one attached hydrogen (secondary N) is 1. The number of nitrogens with zero attached hydrogens (tertiary/aromatic N) is 5. The largest absolute Gasteiger partial charge is 0.416 e. The third-order valence-corrected chi connectivity index (χ3v) is 5.01. The van der Waals surface area contributed by atoms with E-state index in [1.165, 1.54) is 18.3 Å². The number of hydrogen-bond acceptors (Lipinski definition) is 6. The van der Waals surface area contributed by atoms with Crippen LogP contribution in [0.25, 0.3) is 11.3 Å². The van der Waals surface area contributed by atoms with E-state index in [0.717, 1.165) is 12.1 Å². The van der Waals surface area contributed by atoms with E-state index in [1.807, 2.05) is 25.7 Å². The van der Waals surface area contributed by atoms with Crippen molar-refractivity contribution in [3.8, 4) is 11.3 Å². The Morgan fingerprint density at radius 2 is 1.70 bits per heavy atom. The summed E-state index contributed by atoms with van der Waals surface area (Å²) in [5, 5.41) is 11.0. The number of anilines is 1. The van der Waals surface area contributed by atoms with E-state index in [-0.39, 0.29) is 18.0 Å². The van der Waals surface area contributed by atoms with Gasteiger partial charge in [0.15, 0.2) is 0 Å². The highest BCUT2D eigenvalue weighted by atomic mass is 19.4. The Labute approximate surface area is 173 Å². The molecule has 1 aromatic heterocycles. The van der Waals surface area contributed by atoms with Crippen molar-refractivity contribution in [3.63, 3.8) is 0 Å². The number of amides is 1. The van der Waals surface area contributed by atoms with Gasteiger partial charge >= 0.3 is 6.18 Å². The second kappa shape index (κ2) is 8.95. The fourth-order valence-electron chi connectivity index (χ4n) is 3.28. The Hall–Kier alpha value is -2.75. The van der Waals surface area contributed by atoms with Crippen LogP contribution in [0.4, 0.5) is 19.1 Å². The van der Waals surface area contributed by atoms with Gasteiger partial charge in [0.05, 0.1) is 23.5 Å². The average Bonchev–Trinajstić information content (AvgIpc) is 2.72. The number of rotatable bonds is 5. The fraction of sp³-hybridized carbons (Fsp3) is 0.500. The van der Waals surface area contributed by atoms with Crippen LogP contribution >= 0.6 is 0 Å². The molecule has 1 saturated heterocycles. The number of carbonyl (C=O) groups is 1. The summed E-state index contributed by atoms with van der Waals surface area (Å²) in [5.41, 5.74) is 0.290. The first-order valence-electron chi connectivity index (χ1n) is 9.82. The van der Waals surface area contributed by atoms with Crippen LogP contribution in [0, 0.1) is 0 Å². The summed E-state index contributed by atoms with van der Waals surface area (Å²) in [5.74, 6) is 0.423. The van der Waals surface area contributed by atoms with Crippen LogP contribution in [0.2, 0.25) is 0 Å². The van der Waals surface area contributed by atoms with E-state index in [2.05, 4.69) is 25.4 Å². The highest BCUT2D eigenvalue weighted by molar-refractivity contribution is 5.81. The third-order valence-electron chi connectivity index (χ3n) is 5.01. The number of piperazine rings is 1. The zero-order valence-corrected chi connectivity index (χ0v) is 17.1. The molecule has 0 radical (unpaired) electrons. The summed E-state index contributed by atoms with van der Waals surface area (Å²) in [6, 6.07) is 4.67. The molecule has 1 unspecified atom stereocenters. The molecule has 2 heterocycles. The van der Waals surface area contributed by atoms with Gasteiger partial charge < -0.3 is 10.2 Å². The van der Waals surface area contributed by atoms with Crippen LogP contribution in [0.1, 0.15) is 26.3 Å². The van der Waals surface area contributed by atoms with Gasteiger partial charge in [-0.2, -0.15) is 18.3 Å². The van der Waals surface area contributed by atoms with Gasteiger partial charge in [-0.25, -0.2) is 4.98 Å². The molecule has 0 saturated carbocycles. The van der Waals surface area contributed by atoms with E-state index in [4.69, 9.17) is 0 Å². The van der Waals surface area contributed by atoms with Crippen molar-refractivity contribution in [2.45, 2.75) is 39.0 Å². The molecule has 1 aromatic carbocycles. The van der Waals surface area contributed by atoms with Crippen molar-refractivity contribution in [3.05, 3.63) is 36.0 Å². The quantitative estimate of drug-likeness (QED) is 0.799. The van der Waals surface area contributed by atoms with Gasteiger partial charge in [-0.05, 0) is 32.9 Å². The Kier molecular flexibility index (Phi) is 6.55. The fourth-order valence-corrected chi connectivity index (χ4v) is 3.28. The summed E-state index contributed by atoms with van der Waals surface area (Å²) in [6.07, 6.45) is -2.95. The molecule has 7 nitrogen and oxygen atoms in total. The molecular formula is C20H25F3N6O. The first-order chi connectivity index (χ1) is 14.1. The van der Waals surface area contributed by atoms with Gasteiger partial charge in [0.2, 0.25) is 11.9 Å². The monoisotopic (exact) mass is 422 g/mol. The molecule has 1 aliphatic heterocycles. The van der Waals surface area contributed by atoms with E-state index in [1.54, 1.807) is 0 Å². The maximum Gasteiger partial charge on any atom is 0.416 e. The topological polar surface area (TPSA) is 74.2 Å². The Morgan fingerprint density at radius 3 is 2.27 bits per heavy atom. The first-order valence-corrected chi connectivity index (χ1v) is 9.82. The summed E-state index contributed by atoms with van der Waals surface area (Å²) in [7, 11) is 0. The second-order valence-corrected chi connectivity index (χ2v) is 7.58. The molecular weight excluding hydrogens is 397 g/mol. The average molecular weight is 422 g/mol. The maximum absolute atomic E-state index is 12.8. The molecule has 10 heteroatoms. The smallest absolute Gasteiger partial charge is 0.353 e. The van der Waals surface area contributed by atoms with Gasteiger partial charge in [-0.1, -0.05) is 12.1 Å². The predicted octanol–water partition coefficient (Wildman–Crippen LogP) is 2.59. The van der Waals surface area contributed by atoms with Gasteiger partial charge in [-0.15, -0.1) is 5.10 Å². The van der Waals surface area contributed by atoms with E-state index >= 15 is 0 Å². The Bertz CT molecular complexity index is 864. The Balaban J connectivity index is 1.65. The number of benzene rings is 1. The summed E-state index contributed by atoms with van der Waals surface area (Å²) in [6.45, 7) is 8.32. The van der Waals surface area contributed by atoms with Crippen LogP contribution < -0.4 is 10.2 Å². The predicted molar refractivity (Wildman–Crippen MR) is 107 cm³/mol. The molecule has 1 amide bonds. The molecule has 0 bridgehead atoms. The van der Waals surface area contributed by atoms with Crippen LogP contribution in [0.15, 0.2) is 30.5 Å². The molecule has 162 valence electrons. The van der Waals surface area contributed by atoms with Crippen LogP contribution in [0.3, 0.4) is 0 Å². The molecule has 1 atom stereocenters. The van der Waals surface area contributed by atoms with Crippen molar-refractivity contribution < 1.29 is 18.0 Å². The summed E-state index contributed by atoms with van der Waals surface area (Å²) >= 11 is 0. The van der Waals surface area contributed by atoms with Crippen LogP contribution in [0.5, 0.6) is 0 Å². The number of halogens is 3. The molecule has 0 aliphatic carbocycles. The molecule has 1 fully saturated rings. The lowest BCUT2D eigenvalue weighted by Gasteiger charge is -2.37. The van der Waals surface area contributed by atoms with Gasteiger partial charge in [0, 0.05) is 37.8 Å². The lowest BCUT2D eigenvalue weighted by molar-refractivity contribution is -0.137. The maximum atomic E-state index is 12.8. The zero-order valence-electron chi connectivity index (χ0n) is 17.1. The van der Waals surface area contributed by atoms with Gasteiger partial charge in [0.1, 0.15) is 0 Å². The third kappa shape index (κ3) is 5.24. The van der Waals surface area contributed by atoms with Crippen molar-refractivity contribution >= 4 is 11.9 Å². The van der Waals surface area contributed by atoms with Crippen molar-refractivity contribution in [1.29, 1.82) is 0 Å². The molecule has 2 aromatic rings. The second-order valence-electron chi connectivity index (χ2n) is 7.58. The molecule has 3 rings (SSSR count). The minimum Gasteiger partial charge on any atom is -0.353 e. The molecule has 1 N–H and O–H groups in total. The highest BCUT2D eigenvalue weighted by Gasteiger charge is 2.30. The standard InChI is InChI=1S/C20H25F3N6O/c1-13(2)25-18(30)14(3)28-8-10-29(11-9-28)19-26-17(12-24-27-19)15-4-6-16(7-5-15)20(21,22)23/h4-7,12-14H,8-11H2,1-3H3,(H,25,30). The van der Waals surface area contributed by atoms with E-state index in [9.17, 15) is 18.0 Å². The Morgan fingerprint density at radius 1 is 1.07 bits per heavy atom. The number of carbonyl (C=O) groups excluding carboxylic acids is 1. The molecule has 1 aliphatic rings. The van der Waals surface area contributed by atoms with Crippen LogP contribution in [-0.2, 0) is 11.0 Å². The van der Waals surface area contributed by atoms with Crippen LogP contribution in [-0.4, -0.2) is 64.3 Å². The van der Waals surface area contributed by atoms with Crippen molar-refractivity contribution in [1.82, 2.24) is 25.4 Å². The normalized spacial score (nSPS) is 16.6. The number of aromatic nitrogens is 3. The number of hydrogen-bond donors (Lipinski definition) is 1.